The highest BCUT2D eigenvalue weighted by atomic mass is 32.2. The maximum Gasteiger partial charge on any atom is 0.344 e. The zero-order valence-corrected chi connectivity index (χ0v) is 20.6. The molecule has 0 spiro atoms. The molecule has 0 aliphatic carbocycles. The van der Waals surface area contributed by atoms with Crippen LogP contribution in [0.15, 0.2) is 102 Å². The first-order chi connectivity index (χ1) is 17.7. The first-order valence-corrected chi connectivity index (χ1v) is 12.8. The highest BCUT2D eigenvalue weighted by Crippen LogP contribution is 2.44. The Morgan fingerprint density at radius 2 is 1.44 bits per heavy atom. The van der Waals surface area contributed by atoms with E-state index in [2.05, 4.69) is 36.4 Å². The zero-order valence-electron chi connectivity index (χ0n) is 19.8. The van der Waals surface area contributed by atoms with Crippen molar-refractivity contribution in [3.8, 4) is 21.8 Å². The summed E-state index contributed by atoms with van der Waals surface area (Å²) in [5, 5.41) is 1.28. The molecule has 6 heteroatoms. The molecule has 5 aromatic rings. The van der Waals surface area contributed by atoms with Crippen molar-refractivity contribution in [1.82, 2.24) is 0 Å². The van der Waals surface area contributed by atoms with Gasteiger partial charge >= 0.3 is 5.97 Å². The van der Waals surface area contributed by atoms with Crippen molar-refractivity contribution in [2.75, 3.05) is 26.9 Å². The Morgan fingerprint density at radius 1 is 0.750 bits per heavy atom. The second-order valence-corrected chi connectivity index (χ2v) is 10.1. The van der Waals surface area contributed by atoms with Gasteiger partial charge in [0.25, 0.3) is 0 Å². The lowest BCUT2D eigenvalue weighted by molar-refractivity contribution is -0.147. The van der Waals surface area contributed by atoms with Crippen LogP contribution >= 0.6 is 10.5 Å². The number of carbonyl (C=O) groups is 1. The number of benzene rings is 4. The minimum atomic E-state index is -0.486. The minimum absolute atomic E-state index is 0.0432. The van der Waals surface area contributed by atoms with Gasteiger partial charge in [0.05, 0.1) is 17.4 Å². The molecule has 180 valence electrons. The number of hydrogen-bond donors (Lipinski definition) is 0. The second-order valence-electron chi connectivity index (χ2n) is 8.18. The fraction of sp³-hybridized carbons (Fsp3) is 0.133. The van der Waals surface area contributed by atoms with E-state index in [4.69, 9.17) is 14.2 Å². The van der Waals surface area contributed by atoms with Crippen molar-refractivity contribution in [2.45, 2.75) is 0 Å². The van der Waals surface area contributed by atoms with E-state index in [0.29, 0.717) is 23.1 Å². The molecule has 1 unspecified atom stereocenters. The van der Waals surface area contributed by atoms with Crippen molar-refractivity contribution in [1.29, 1.82) is 0 Å². The number of carbonyl (C=O) groups excluding carboxylic acids is 1. The molecule has 1 aromatic heterocycles. The normalized spacial score (nSPS) is 11.5. The standard InChI is InChI=1S/C30H25O5S/c1-33-17-18-34-29(31)20-35-23-13-16-28-26(19-23)30(32)25-9-5-6-10-27(25)36(28)24-14-11-22(12-15-24)21-7-3-2-4-8-21/h2-16,19H,17-18,20H2,1H3/q+1. The summed E-state index contributed by atoms with van der Waals surface area (Å²) in [7, 11) is 1.09. The summed E-state index contributed by atoms with van der Waals surface area (Å²) in [4.78, 5) is 26.5. The Labute approximate surface area is 211 Å². The van der Waals surface area contributed by atoms with Crippen LogP contribution in [0.2, 0.25) is 0 Å². The van der Waals surface area contributed by atoms with Gasteiger partial charge in [-0.25, -0.2) is 4.79 Å². The molecule has 1 heterocycles. The van der Waals surface area contributed by atoms with E-state index in [0.717, 1.165) is 25.4 Å². The molecular formula is C30H25O5S+. The number of hydrogen-bond acceptors (Lipinski definition) is 5. The van der Waals surface area contributed by atoms with Gasteiger partial charge in [0, 0.05) is 23.6 Å². The molecule has 0 bridgehead atoms. The Morgan fingerprint density at radius 3 is 2.22 bits per heavy atom. The van der Waals surface area contributed by atoms with Crippen LogP contribution in [0.1, 0.15) is 0 Å². The van der Waals surface area contributed by atoms with E-state index in [1.54, 1.807) is 12.1 Å². The van der Waals surface area contributed by atoms with E-state index >= 15 is 0 Å². The molecule has 1 atom stereocenters. The van der Waals surface area contributed by atoms with Crippen molar-refractivity contribution >= 4 is 36.6 Å². The van der Waals surface area contributed by atoms with Gasteiger partial charge < -0.3 is 14.2 Å². The molecule has 0 fully saturated rings. The Bertz CT molecular complexity index is 1570. The predicted octanol–water partition coefficient (Wildman–Crippen LogP) is 6.33. The third-order valence-electron chi connectivity index (χ3n) is 5.87. The van der Waals surface area contributed by atoms with Crippen LogP contribution in [0, 0.1) is 0 Å². The SMILES string of the molecule is COCCOC(=O)COc1ccc2c(c1)c(=O)c1ccccc1[s+]2-c1ccc(-c2ccccc2)cc1. The molecule has 0 radical (unpaired) electrons. The molecule has 4 aromatic carbocycles. The van der Waals surface area contributed by atoms with Crippen molar-refractivity contribution in [3.05, 3.63) is 107 Å². The van der Waals surface area contributed by atoms with E-state index in [1.807, 2.05) is 48.5 Å². The lowest BCUT2D eigenvalue weighted by Gasteiger charge is -2.08. The maximum atomic E-state index is 13.4. The topological polar surface area (TPSA) is 61.8 Å². The Hall–Kier alpha value is -4.00. The minimum Gasteiger partial charge on any atom is -0.482 e. The van der Waals surface area contributed by atoms with Crippen LogP contribution in [0.25, 0.3) is 36.2 Å². The summed E-state index contributed by atoms with van der Waals surface area (Å²) in [6.07, 6.45) is 0. The van der Waals surface area contributed by atoms with Gasteiger partial charge in [0.1, 0.15) is 12.4 Å². The molecule has 0 aliphatic heterocycles. The van der Waals surface area contributed by atoms with Gasteiger partial charge in [-0.2, -0.15) is 0 Å². The molecule has 5 nitrogen and oxygen atoms in total. The van der Waals surface area contributed by atoms with Crippen LogP contribution in [0.3, 0.4) is 0 Å². The summed E-state index contributed by atoms with van der Waals surface area (Å²) in [5.41, 5.74) is 2.26. The van der Waals surface area contributed by atoms with Crippen LogP contribution in [0.4, 0.5) is 0 Å². The van der Waals surface area contributed by atoms with E-state index < -0.39 is 16.4 Å². The summed E-state index contributed by atoms with van der Waals surface area (Å²) < 4.78 is 17.5. The molecule has 0 saturated heterocycles. The molecule has 36 heavy (non-hydrogen) atoms. The lowest BCUT2D eigenvalue weighted by Crippen LogP contribution is -2.17. The van der Waals surface area contributed by atoms with Gasteiger partial charge in [-0.05, 0) is 59.7 Å². The molecular weight excluding hydrogens is 472 g/mol. The Kier molecular flexibility index (Phi) is 7.07. The van der Waals surface area contributed by atoms with Crippen molar-refractivity contribution < 1.29 is 19.0 Å². The summed E-state index contributed by atoms with van der Waals surface area (Å²) in [6.45, 7) is 0.261. The summed E-state index contributed by atoms with van der Waals surface area (Å²) in [5.74, 6) is -0.0344. The van der Waals surface area contributed by atoms with Gasteiger partial charge in [0.2, 0.25) is 5.43 Å². The molecule has 0 aliphatic rings. The predicted molar refractivity (Wildman–Crippen MR) is 145 cm³/mol. The van der Waals surface area contributed by atoms with E-state index in [1.165, 1.54) is 7.11 Å². The van der Waals surface area contributed by atoms with Gasteiger partial charge in [-0.1, -0.05) is 42.5 Å². The average molecular weight is 498 g/mol. The highest BCUT2D eigenvalue weighted by molar-refractivity contribution is 7.49. The maximum absolute atomic E-state index is 13.4. The number of fused-ring (bicyclic) bond motifs is 2. The Balaban J connectivity index is 1.54. The van der Waals surface area contributed by atoms with Crippen LogP contribution < -0.4 is 10.2 Å². The molecule has 0 amide bonds. The smallest absolute Gasteiger partial charge is 0.344 e. The van der Waals surface area contributed by atoms with Crippen LogP contribution in [-0.2, 0) is 14.3 Å². The summed E-state index contributed by atoms with van der Waals surface area (Å²) in [6, 6.07) is 32.0. The second kappa shape index (κ2) is 10.7. The first kappa shape index (κ1) is 23.7. The third kappa shape index (κ3) is 4.87. The largest absolute Gasteiger partial charge is 0.482 e. The fourth-order valence-corrected chi connectivity index (χ4v) is 6.46. The average Bonchev–Trinajstić information content (AvgIpc) is 2.93. The summed E-state index contributed by atoms with van der Waals surface area (Å²) >= 11 is 0. The van der Waals surface area contributed by atoms with Crippen molar-refractivity contribution in [3.63, 3.8) is 0 Å². The quantitative estimate of drug-likeness (QED) is 0.109. The molecule has 0 saturated carbocycles. The highest BCUT2D eigenvalue weighted by Gasteiger charge is 2.23. The van der Waals surface area contributed by atoms with Gasteiger partial charge in [0.15, 0.2) is 20.9 Å². The van der Waals surface area contributed by atoms with E-state index in [9.17, 15) is 9.59 Å². The number of rotatable bonds is 8. The number of ether oxygens (including phenoxy) is 3. The number of esters is 1. The van der Waals surface area contributed by atoms with Crippen molar-refractivity contribution in [2.24, 2.45) is 0 Å². The lowest BCUT2D eigenvalue weighted by atomic mass is 10.1. The molecule has 5 rings (SSSR count). The monoisotopic (exact) mass is 497 g/mol. The number of methoxy groups -OCH3 is 1. The van der Waals surface area contributed by atoms with Gasteiger partial charge in [-0.3, -0.25) is 4.79 Å². The third-order valence-corrected chi connectivity index (χ3v) is 8.21. The van der Waals surface area contributed by atoms with E-state index in [-0.39, 0.29) is 18.6 Å². The fourth-order valence-electron chi connectivity index (χ4n) is 4.14. The first-order valence-electron chi connectivity index (χ1n) is 11.6. The van der Waals surface area contributed by atoms with Crippen LogP contribution in [0.5, 0.6) is 5.75 Å². The van der Waals surface area contributed by atoms with Crippen LogP contribution in [-0.4, -0.2) is 32.9 Å². The molecule has 0 N–H and O–H groups in total. The zero-order chi connectivity index (χ0) is 24.9. The van der Waals surface area contributed by atoms with Gasteiger partial charge in [-0.15, -0.1) is 0 Å².